The summed E-state index contributed by atoms with van der Waals surface area (Å²) in [5.41, 5.74) is 3.86. The number of carbonyl (C=O) groups is 2. The van der Waals surface area contributed by atoms with Crippen molar-refractivity contribution in [2.24, 2.45) is 0 Å². The molecule has 0 spiro atoms. The molecule has 1 atom stereocenters. The highest BCUT2D eigenvalue weighted by Crippen LogP contribution is 2.27. The molecule has 1 aliphatic heterocycles. The van der Waals surface area contributed by atoms with Gasteiger partial charge in [-0.05, 0) is 55.7 Å². The van der Waals surface area contributed by atoms with E-state index in [2.05, 4.69) is 5.32 Å². The van der Waals surface area contributed by atoms with E-state index in [4.69, 9.17) is 0 Å². The number of amides is 2. The van der Waals surface area contributed by atoms with Gasteiger partial charge in [-0.1, -0.05) is 24.3 Å². The van der Waals surface area contributed by atoms with E-state index < -0.39 is 6.04 Å². The van der Waals surface area contributed by atoms with Crippen molar-refractivity contribution in [1.82, 2.24) is 0 Å². The molecule has 1 N–H and O–H groups in total. The smallest absolute Gasteiger partial charge is 0.247 e. The van der Waals surface area contributed by atoms with Crippen molar-refractivity contribution in [3.05, 3.63) is 59.7 Å². The summed E-state index contributed by atoms with van der Waals surface area (Å²) in [4.78, 5) is 26.4. The highest BCUT2D eigenvalue weighted by atomic mass is 16.2. The molecule has 1 unspecified atom stereocenters. The lowest BCUT2D eigenvalue weighted by molar-refractivity contribution is -0.120. The molecule has 4 heteroatoms. The molecule has 2 aromatic rings. The van der Waals surface area contributed by atoms with Crippen LogP contribution in [0, 0.1) is 13.8 Å². The quantitative estimate of drug-likeness (QED) is 0.944. The summed E-state index contributed by atoms with van der Waals surface area (Å²) in [5, 5.41) is 2.94. The molecule has 2 aromatic carbocycles. The lowest BCUT2D eigenvalue weighted by Gasteiger charge is -2.24. The summed E-state index contributed by atoms with van der Waals surface area (Å²) in [6, 6.07) is 14.7. The van der Waals surface area contributed by atoms with Gasteiger partial charge >= 0.3 is 0 Å². The molecule has 1 aliphatic rings. The highest BCUT2D eigenvalue weighted by Gasteiger charge is 2.36. The van der Waals surface area contributed by atoms with Crippen LogP contribution in [-0.2, 0) is 9.59 Å². The molecule has 1 saturated heterocycles. The van der Waals surface area contributed by atoms with Crippen LogP contribution in [0.15, 0.2) is 48.5 Å². The summed E-state index contributed by atoms with van der Waals surface area (Å²) in [5.74, 6) is -0.139. The topological polar surface area (TPSA) is 49.4 Å². The zero-order valence-electron chi connectivity index (χ0n) is 13.4. The van der Waals surface area contributed by atoms with Crippen LogP contribution in [-0.4, -0.2) is 17.9 Å². The van der Waals surface area contributed by atoms with Crippen LogP contribution < -0.4 is 10.2 Å². The highest BCUT2D eigenvalue weighted by molar-refractivity contribution is 6.07. The Balaban J connectivity index is 1.80. The molecule has 23 heavy (non-hydrogen) atoms. The van der Waals surface area contributed by atoms with Gasteiger partial charge in [0.25, 0.3) is 0 Å². The first kappa shape index (κ1) is 15.3. The Morgan fingerprint density at radius 3 is 2.52 bits per heavy atom. The van der Waals surface area contributed by atoms with Gasteiger partial charge in [-0.2, -0.15) is 0 Å². The second-order valence-electron chi connectivity index (χ2n) is 5.94. The average Bonchev–Trinajstić information content (AvgIpc) is 2.93. The van der Waals surface area contributed by atoms with E-state index in [0.717, 1.165) is 16.9 Å². The van der Waals surface area contributed by atoms with Crippen molar-refractivity contribution >= 4 is 23.2 Å². The second kappa shape index (κ2) is 6.24. The van der Waals surface area contributed by atoms with E-state index in [1.165, 1.54) is 5.56 Å². The standard InChI is InChI=1S/C19H20N2O2/c1-13-8-9-15(12-14(13)2)20-19(23)17-10-11-18(22)21(17)16-6-4-3-5-7-16/h3-9,12,17H,10-11H2,1-2H3,(H,20,23). The van der Waals surface area contributed by atoms with Gasteiger partial charge in [-0.25, -0.2) is 0 Å². The lowest BCUT2D eigenvalue weighted by atomic mass is 10.1. The van der Waals surface area contributed by atoms with Gasteiger partial charge in [0.2, 0.25) is 11.8 Å². The molecular weight excluding hydrogens is 288 g/mol. The summed E-state index contributed by atoms with van der Waals surface area (Å²) in [6.07, 6.45) is 0.949. The zero-order valence-corrected chi connectivity index (χ0v) is 13.4. The Labute approximate surface area is 136 Å². The first-order valence-electron chi connectivity index (χ1n) is 7.81. The van der Waals surface area contributed by atoms with Crippen LogP contribution in [0.3, 0.4) is 0 Å². The molecule has 0 saturated carbocycles. The number of hydrogen-bond donors (Lipinski definition) is 1. The number of nitrogens with zero attached hydrogens (tertiary/aromatic N) is 1. The number of carbonyl (C=O) groups excluding carboxylic acids is 2. The third-order valence-electron chi connectivity index (χ3n) is 4.32. The molecular formula is C19H20N2O2. The van der Waals surface area contributed by atoms with Gasteiger partial charge in [0.1, 0.15) is 6.04 Å². The van der Waals surface area contributed by atoms with Gasteiger partial charge in [0, 0.05) is 17.8 Å². The SMILES string of the molecule is Cc1ccc(NC(=O)C2CCC(=O)N2c2ccccc2)cc1C. The van der Waals surface area contributed by atoms with Crippen LogP contribution in [0.2, 0.25) is 0 Å². The fourth-order valence-corrected chi connectivity index (χ4v) is 2.89. The van der Waals surface area contributed by atoms with Crippen molar-refractivity contribution in [3.8, 4) is 0 Å². The molecule has 0 aliphatic carbocycles. The molecule has 1 fully saturated rings. The van der Waals surface area contributed by atoms with E-state index in [0.29, 0.717) is 12.8 Å². The van der Waals surface area contributed by atoms with E-state index in [-0.39, 0.29) is 11.8 Å². The Kier molecular flexibility index (Phi) is 4.15. The van der Waals surface area contributed by atoms with Crippen LogP contribution in [0.25, 0.3) is 0 Å². The number of aryl methyl sites for hydroxylation is 2. The maximum Gasteiger partial charge on any atom is 0.247 e. The Morgan fingerprint density at radius 1 is 1.09 bits per heavy atom. The summed E-state index contributed by atoms with van der Waals surface area (Å²) in [6.45, 7) is 4.05. The van der Waals surface area contributed by atoms with Gasteiger partial charge in [0.15, 0.2) is 0 Å². The minimum Gasteiger partial charge on any atom is -0.324 e. The molecule has 0 bridgehead atoms. The number of nitrogens with one attached hydrogen (secondary N) is 1. The second-order valence-corrected chi connectivity index (χ2v) is 5.94. The van der Waals surface area contributed by atoms with Gasteiger partial charge in [-0.3, -0.25) is 14.5 Å². The van der Waals surface area contributed by atoms with Crippen molar-refractivity contribution in [2.75, 3.05) is 10.2 Å². The van der Waals surface area contributed by atoms with E-state index >= 15 is 0 Å². The zero-order chi connectivity index (χ0) is 16.4. The minimum atomic E-state index is -0.452. The Bertz CT molecular complexity index is 740. The average molecular weight is 308 g/mol. The summed E-state index contributed by atoms with van der Waals surface area (Å²) >= 11 is 0. The maximum absolute atomic E-state index is 12.6. The Morgan fingerprint density at radius 2 is 1.83 bits per heavy atom. The number of para-hydroxylation sites is 1. The predicted molar refractivity (Wildman–Crippen MR) is 91.5 cm³/mol. The van der Waals surface area contributed by atoms with Crippen LogP contribution in [0.1, 0.15) is 24.0 Å². The van der Waals surface area contributed by atoms with E-state index in [1.54, 1.807) is 4.90 Å². The molecule has 118 valence electrons. The van der Waals surface area contributed by atoms with E-state index in [9.17, 15) is 9.59 Å². The molecule has 0 aromatic heterocycles. The van der Waals surface area contributed by atoms with Crippen molar-refractivity contribution in [3.63, 3.8) is 0 Å². The lowest BCUT2D eigenvalue weighted by Crippen LogP contribution is -2.41. The van der Waals surface area contributed by atoms with Crippen molar-refractivity contribution in [2.45, 2.75) is 32.7 Å². The maximum atomic E-state index is 12.6. The third-order valence-corrected chi connectivity index (χ3v) is 4.32. The summed E-state index contributed by atoms with van der Waals surface area (Å²) < 4.78 is 0. The normalized spacial score (nSPS) is 17.4. The Hall–Kier alpha value is -2.62. The van der Waals surface area contributed by atoms with Crippen molar-refractivity contribution < 1.29 is 9.59 Å². The first-order chi connectivity index (χ1) is 11.1. The monoisotopic (exact) mass is 308 g/mol. The molecule has 4 nitrogen and oxygen atoms in total. The predicted octanol–water partition coefficient (Wildman–Crippen LogP) is 3.44. The molecule has 0 radical (unpaired) electrons. The fraction of sp³-hybridized carbons (Fsp3) is 0.263. The van der Waals surface area contributed by atoms with Gasteiger partial charge < -0.3 is 5.32 Å². The summed E-state index contributed by atoms with van der Waals surface area (Å²) in [7, 11) is 0. The number of hydrogen-bond acceptors (Lipinski definition) is 2. The number of rotatable bonds is 3. The van der Waals surface area contributed by atoms with Crippen LogP contribution in [0.5, 0.6) is 0 Å². The van der Waals surface area contributed by atoms with Crippen molar-refractivity contribution in [1.29, 1.82) is 0 Å². The van der Waals surface area contributed by atoms with E-state index in [1.807, 2.05) is 62.4 Å². The minimum absolute atomic E-state index is 0.00330. The molecule has 1 heterocycles. The number of benzene rings is 2. The van der Waals surface area contributed by atoms with Crippen LogP contribution >= 0.6 is 0 Å². The van der Waals surface area contributed by atoms with Gasteiger partial charge in [0.05, 0.1) is 0 Å². The van der Waals surface area contributed by atoms with Gasteiger partial charge in [-0.15, -0.1) is 0 Å². The third kappa shape index (κ3) is 3.11. The fourth-order valence-electron chi connectivity index (χ4n) is 2.89. The molecule has 2 amide bonds. The first-order valence-corrected chi connectivity index (χ1v) is 7.81. The number of anilines is 2. The van der Waals surface area contributed by atoms with Crippen LogP contribution in [0.4, 0.5) is 11.4 Å². The molecule has 3 rings (SSSR count). The largest absolute Gasteiger partial charge is 0.324 e.